The number of aliphatic hydroxyl groups is 2. The molecule has 0 aromatic rings. The molecule has 0 amide bonds. The first-order valence-electron chi connectivity index (χ1n) is 14.2. The monoisotopic (exact) mass is 504 g/mol. The molecule has 0 bridgehead atoms. The van der Waals surface area contributed by atoms with Crippen molar-refractivity contribution >= 4 is 0 Å². The van der Waals surface area contributed by atoms with Gasteiger partial charge in [0.15, 0.2) is 0 Å². The fourth-order valence-electron chi connectivity index (χ4n) is 4.13. The van der Waals surface area contributed by atoms with E-state index in [-0.39, 0.29) is 23.1 Å². The maximum absolute atomic E-state index is 11.2. The molecule has 210 valence electrons. The molecule has 0 fully saturated rings. The first-order valence-corrected chi connectivity index (χ1v) is 14.2. The molecule has 0 aliphatic rings. The molecule has 0 radical (unpaired) electrons. The van der Waals surface area contributed by atoms with Crippen molar-refractivity contribution in [3.63, 3.8) is 0 Å². The molecule has 2 unspecified atom stereocenters. The van der Waals surface area contributed by atoms with Crippen molar-refractivity contribution in [2.45, 2.75) is 161 Å². The molecule has 35 heavy (non-hydrogen) atoms. The number of nitro groups is 2. The molecule has 2 N–H and O–H groups in total. The molecule has 8 nitrogen and oxygen atoms in total. The summed E-state index contributed by atoms with van der Waals surface area (Å²) in [5.74, 6) is 0. The van der Waals surface area contributed by atoms with Crippen LogP contribution in [0.15, 0.2) is 0 Å². The second kappa shape index (κ2) is 23.1. The van der Waals surface area contributed by atoms with E-state index in [0.29, 0.717) is 19.3 Å². The van der Waals surface area contributed by atoms with E-state index in [2.05, 4.69) is 13.8 Å². The van der Waals surface area contributed by atoms with Crippen molar-refractivity contribution < 1.29 is 20.1 Å². The average molecular weight is 505 g/mol. The minimum Gasteiger partial charge on any atom is -0.389 e. The number of aliphatic hydroxyl groups excluding tert-OH is 2. The van der Waals surface area contributed by atoms with E-state index >= 15 is 0 Å². The number of rotatable bonds is 23. The summed E-state index contributed by atoms with van der Waals surface area (Å²) in [6.07, 6.45) is 19.4. The van der Waals surface area contributed by atoms with E-state index in [1.807, 2.05) is 6.92 Å². The lowest BCUT2D eigenvalue weighted by Crippen LogP contribution is -2.42. The van der Waals surface area contributed by atoms with Gasteiger partial charge in [0.2, 0.25) is 11.1 Å². The van der Waals surface area contributed by atoms with Crippen molar-refractivity contribution in [2.24, 2.45) is 0 Å². The highest BCUT2D eigenvalue weighted by atomic mass is 16.6. The highest BCUT2D eigenvalue weighted by Gasteiger charge is 2.40. The molecule has 0 saturated carbocycles. The van der Waals surface area contributed by atoms with Gasteiger partial charge in [-0.25, -0.2) is 0 Å². The van der Waals surface area contributed by atoms with E-state index in [9.17, 15) is 25.3 Å². The predicted molar refractivity (Wildman–Crippen MR) is 144 cm³/mol. The minimum absolute atomic E-state index is 0.246. The van der Waals surface area contributed by atoms with Gasteiger partial charge in [-0.3, -0.25) is 20.2 Å². The van der Waals surface area contributed by atoms with Gasteiger partial charge < -0.3 is 10.2 Å². The van der Waals surface area contributed by atoms with Crippen LogP contribution >= 0.6 is 0 Å². The van der Waals surface area contributed by atoms with Crippen molar-refractivity contribution in [1.82, 2.24) is 0 Å². The molecule has 0 rings (SSSR count). The molecule has 0 aromatic heterocycles. The molecule has 0 saturated heterocycles. The summed E-state index contributed by atoms with van der Waals surface area (Å²) in [6.45, 7) is 7.22. The van der Waals surface area contributed by atoms with Crippen molar-refractivity contribution in [2.75, 3.05) is 13.2 Å². The van der Waals surface area contributed by atoms with E-state index < -0.39 is 11.1 Å². The normalized spacial score (nSPS) is 14.5. The Balaban J connectivity index is 0. The van der Waals surface area contributed by atoms with Crippen molar-refractivity contribution in [1.29, 1.82) is 0 Å². The summed E-state index contributed by atoms with van der Waals surface area (Å²) in [6, 6.07) is 0. The third kappa shape index (κ3) is 17.7. The smallest absolute Gasteiger partial charge is 0.244 e. The van der Waals surface area contributed by atoms with Crippen LogP contribution in [-0.4, -0.2) is 44.4 Å². The first kappa shape index (κ1) is 35.9. The summed E-state index contributed by atoms with van der Waals surface area (Å²) >= 11 is 0. The summed E-state index contributed by atoms with van der Waals surface area (Å²) in [7, 11) is 0. The van der Waals surface area contributed by atoms with E-state index in [1.165, 1.54) is 58.3 Å². The van der Waals surface area contributed by atoms with Gasteiger partial charge in [-0.1, -0.05) is 104 Å². The summed E-state index contributed by atoms with van der Waals surface area (Å²) in [5.41, 5.74) is -2.22. The van der Waals surface area contributed by atoms with E-state index in [4.69, 9.17) is 5.11 Å². The molecule has 0 heterocycles. The molecule has 2 atom stereocenters. The van der Waals surface area contributed by atoms with Crippen LogP contribution in [0.4, 0.5) is 0 Å². The number of hydrogen-bond donors (Lipinski definition) is 2. The zero-order valence-corrected chi connectivity index (χ0v) is 23.3. The third-order valence-corrected chi connectivity index (χ3v) is 7.02. The molecule has 8 heteroatoms. The Morgan fingerprint density at radius 2 is 0.914 bits per heavy atom. The minimum atomic E-state index is -1.13. The zero-order chi connectivity index (χ0) is 27.0. The molecule has 0 spiro atoms. The number of hydrogen-bond acceptors (Lipinski definition) is 6. The van der Waals surface area contributed by atoms with Crippen LogP contribution in [-0.2, 0) is 0 Å². The Kier molecular flexibility index (Phi) is 23.7. The van der Waals surface area contributed by atoms with Crippen LogP contribution in [0.1, 0.15) is 150 Å². The van der Waals surface area contributed by atoms with Gasteiger partial charge in [0, 0.05) is 36.0 Å². The Morgan fingerprint density at radius 3 is 1.26 bits per heavy atom. The second-order valence-electron chi connectivity index (χ2n) is 10.4. The Morgan fingerprint density at radius 1 is 0.543 bits per heavy atom. The fraction of sp³-hybridized carbons (Fsp3) is 1.00. The Hall–Kier alpha value is -1.28. The number of unbranched alkanes of at least 4 members (excludes halogenated alkanes) is 13. The maximum Gasteiger partial charge on any atom is 0.244 e. The SMILES string of the molecule is CCCCCCCCC(C)(CO)[N+](=O)[O-].CCCCCCCCCCC(CO)(CCCC)[N+](=O)[O-]. The first-order chi connectivity index (χ1) is 16.7. The van der Waals surface area contributed by atoms with Crippen LogP contribution < -0.4 is 0 Å². The fourth-order valence-corrected chi connectivity index (χ4v) is 4.13. The highest BCUT2D eigenvalue weighted by Crippen LogP contribution is 2.25. The Bertz CT molecular complexity index is 520. The van der Waals surface area contributed by atoms with E-state index in [1.54, 1.807) is 0 Å². The highest BCUT2D eigenvalue weighted by molar-refractivity contribution is 4.78. The van der Waals surface area contributed by atoms with Crippen LogP contribution in [0.5, 0.6) is 0 Å². The number of nitrogens with zero attached hydrogens (tertiary/aromatic N) is 2. The molecular formula is C27H56N2O6. The molecule has 0 aromatic carbocycles. The molecule has 0 aliphatic carbocycles. The quantitative estimate of drug-likeness (QED) is 0.0843. The Labute approximate surface area is 214 Å². The standard InChI is InChI=1S/C16H33NO3.C11H23NO3/c1-3-5-7-8-9-10-11-12-14-16(15-18,17(19)20)13-6-4-2;1-3-4-5-6-7-8-9-11(2,10-13)12(14)15/h18H,3-15H2,1-2H3;13H,3-10H2,1-2H3. The van der Waals surface area contributed by atoms with Gasteiger partial charge in [-0.05, 0) is 19.3 Å². The van der Waals surface area contributed by atoms with Gasteiger partial charge in [0.1, 0.15) is 13.2 Å². The largest absolute Gasteiger partial charge is 0.389 e. The topological polar surface area (TPSA) is 127 Å². The lowest BCUT2D eigenvalue weighted by Gasteiger charge is -2.23. The van der Waals surface area contributed by atoms with Gasteiger partial charge in [0.05, 0.1) is 0 Å². The lowest BCUT2D eigenvalue weighted by molar-refractivity contribution is -0.576. The lowest BCUT2D eigenvalue weighted by atomic mass is 9.88. The zero-order valence-electron chi connectivity index (χ0n) is 23.3. The van der Waals surface area contributed by atoms with Gasteiger partial charge in [-0.15, -0.1) is 0 Å². The molecular weight excluding hydrogens is 448 g/mol. The summed E-state index contributed by atoms with van der Waals surface area (Å²) in [4.78, 5) is 21.3. The average Bonchev–Trinajstić information content (AvgIpc) is 2.85. The molecule has 0 aliphatic heterocycles. The van der Waals surface area contributed by atoms with Crippen LogP contribution in [0.3, 0.4) is 0 Å². The van der Waals surface area contributed by atoms with Crippen LogP contribution in [0.2, 0.25) is 0 Å². The van der Waals surface area contributed by atoms with Gasteiger partial charge in [-0.2, -0.15) is 0 Å². The third-order valence-electron chi connectivity index (χ3n) is 7.02. The van der Waals surface area contributed by atoms with Gasteiger partial charge >= 0.3 is 0 Å². The van der Waals surface area contributed by atoms with Crippen molar-refractivity contribution in [3.8, 4) is 0 Å². The predicted octanol–water partition coefficient (Wildman–Crippen LogP) is 7.48. The maximum atomic E-state index is 11.2. The van der Waals surface area contributed by atoms with Crippen LogP contribution in [0, 0.1) is 20.2 Å². The van der Waals surface area contributed by atoms with Crippen LogP contribution in [0.25, 0.3) is 0 Å². The van der Waals surface area contributed by atoms with Crippen molar-refractivity contribution in [3.05, 3.63) is 20.2 Å². The summed E-state index contributed by atoms with van der Waals surface area (Å²) in [5, 5.41) is 40.3. The second-order valence-corrected chi connectivity index (χ2v) is 10.4. The van der Waals surface area contributed by atoms with Gasteiger partial charge in [0.25, 0.3) is 0 Å². The summed E-state index contributed by atoms with van der Waals surface area (Å²) < 4.78 is 0. The van der Waals surface area contributed by atoms with E-state index in [0.717, 1.165) is 51.4 Å².